The minimum absolute atomic E-state index is 0.240. The summed E-state index contributed by atoms with van der Waals surface area (Å²) in [5.41, 5.74) is 6.05. The van der Waals surface area contributed by atoms with E-state index < -0.39 is 5.92 Å². The van der Waals surface area contributed by atoms with Gasteiger partial charge in [0.1, 0.15) is 0 Å². The van der Waals surface area contributed by atoms with Crippen LogP contribution < -0.4 is 16.2 Å². The molecule has 1 aliphatic heterocycles. The number of hydrogen-bond donors (Lipinski definition) is 3. The van der Waals surface area contributed by atoms with Gasteiger partial charge in [-0.2, -0.15) is 0 Å². The fraction of sp³-hybridized carbons (Fsp3) is 0.158. The summed E-state index contributed by atoms with van der Waals surface area (Å²) in [6.45, 7) is 1.09. The van der Waals surface area contributed by atoms with Crippen LogP contribution in [0.15, 0.2) is 36.4 Å². The van der Waals surface area contributed by atoms with Gasteiger partial charge in [0.2, 0.25) is 5.91 Å². The van der Waals surface area contributed by atoms with Crippen LogP contribution in [0.2, 0.25) is 10.0 Å². The second kappa shape index (κ2) is 6.63. The lowest BCUT2D eigenvalue weighted by Gasteiger charge is -2.31. The first kappa shape index (κ1) is 17.8. The Morgan fingerprint density at radius 1 is 1.25 bits per heavy atom. The Hall–Kier alpha value is -2.32. The molecule has 0 saturated heterocycles. The maximum Gasteiger partial charge on any atom is 0.243 e. The number of hydrazine groups is 1. The minimum atomic E-state index is -0.434. The van der Waals surface area contributed by atoms with Crippen molar-refractivity contribution in [3.05, 3.63) is 57.7 Å². The molecular formula is C19H15Cl2N5OS. The number of halogens is 2. The molecule has 5 rings (SSSR count). The highest BCUT2D eigenvalue weighted by atomic mass is 35.5. The second-order valence-electron chi connectivity index (χ2n) is 6.76. The maximum atomic E-state index is 12.6. The van der Waals surface area contributed by atoms with Crippen LogP contribution in [0, 0.1) is 0 Å². The quantitative estimate of drug-likeness (QED) is 0.252. The van der Waals surface area contributed by atoms with Gasteiger partial charge in [-0.05, 0) is 42.0 Å². The van der Waals surface area contributed by atoms with Crippen LogP contribution in [0.5, 0.6) is 0 Å². The molecule has 2 aromatic heterocycles. The molecule has 2 aromatic carbocycles. The number of carbonyl (C=O) groups excluding carboxylic acids is 1. The molecule has 0 radical (unpaired) electrons. The number of nitrogens with two attached hydrogens (primary N) is 1. The number of hydrogen-bond acceptors (Lipinski definition) is 5. The Morgan fingerprint density at radius 2 is 2.04 bits per heavy atom. The second-order valence-corrected chi connectivity index (χ2v) is 8.64. The monoisotopic (exact) mass is 431 g/mol. The molecule has 1 aliphatic rings. The zero-order valence-electron chi connectivity index (χ0n) is 14.5. The lowest BCUT2D eigenvalue weighted by atomic mass is 9.91. The molecule has 1 amide bonds. The van der Waals surface area contributed by atoms with E-state index in [0.29, 0.717) is 23.1 Å². The average Bonchev–Trinajstić information content (AvgIpc) is 3.27. The molecule has 0 saturated carbocycles. The molecule has 1 unspecified atom stereocenters. The van der Waals surface area contributed by atoms with Gasteiger partial charge in [-0.1, -0.05) is 34.5 Å². The number of thiazole rings is 1. The van der Waals surface area contributed by atoms with E-state index in [1.165, 1.54) is 0 Å². The summed E-state index contributed by atoms with van der Waals surface area (Å²) in [4.78, 5) is 22.9. The Bertz CT molecular complexity index is 1230. The van der Waals surface area contributed by atoms with Crippen molar-refractivity contribution >= 4 is 66.7 Å². The molecule has 28 heavy (non-hydrogen) atoms. The minimum Gasteiger partial charge on any atom is -0.357 e. The molecule has 142 valence electrons. The molecule has 1 atom stereocenters. The van der Waals surface area contributed by atoms with Crippen molar-refractivity contribution in [2.45, 2.75) is 12.5 Å². The number of carbonyl (C=O) groups is 1. The highest BCUT2D eigenvalue weighted by Gasteiger charge is 2.34. The largest absolute Gasteiger partial charge is 0.357 e. The third-order valence-electron chi connectivity index (χ3n) is 5.05. The number of aromatic amines is 1. The number of nitrogens with one attached hydrogen (secondary N) is 2. The third kappa shape index (κ3) is 2.82. The van der Waals surface area contributed by atoms with Gasteiger partial charge < -0.3 is 9.88 Å². The van der Waals surface area contributed by atoms with Gasteiger partial charge in [0.25, 0.3) is 0 Å². The van der Waals surface area contributed by atoms with Crippen molar-refractivity contribution < 1.29 is 4.79 Å². The molecule has 9 heteroatoms. The molecule has 3 heterocycles. The van der Waals surface area contributed by atoms with Gasteiger partial charge >= 0.3 is 0 Å². The number of H-pyrrole nitrogens is 1. The lowest BCUT2D eigenvalue weighted by molar-refractivity contribution is -0.122. The first-order chi connectivity index (χ1) is 13.5. The van der Waals surface area contributed by atoms with E-state index in [9.17, 15) is 4.79 Å². The molecule has 4 aromatic rings. The van der Waals surface area contributed by atoms with Gasteiger partial charge in [-0.3, -0.25) is 10.2 Å². The highest BCUT2D eigenvalue weighted by molar-refractivity contribution is 7.22. The maximum absolute atomic E-state index is 12.6. The Morgan fingerprint density at radius 3 is 2.86 bits per heavy atom. The molecule has 0 aliphatic carbocycles. The molecular weight excluding hydrogens is 417 g/mol. The number of fused-ring (bicyclic) bond motifs is 4. The van der Waals surface area contributed by atoms with Crippen molar-refractivity contribution in [3.63, 3.8) is 0 Å². The van der Waals surface area contributed by atoms with Crippen molar-refractivity contribution in [2.24, 2.45) is 5.84 Å². The van der Waals surface area contributed by atoms with E-state index in [-0.39, 0.29) is 5.91 Å². The van der Waals surface area contributed by atoms with Gasteiger partial charge in [-0.15, -0.1) is 0 Å². The molecule has 0 bridgehead atoms. The summed E-state index contributed by atoms with van der Waals surface area (Å²) < 4.78 is 1.01. The number of benzene rings is 2. The van der Waals surface area contributed by atoms with Gasteiger partial charge in [0.15, 0.2) is 5.13 Å². The number of amides is 1. The van der Waals surface area contributed by atoms with E-state index in [2.05, 4.69) is 15.3 Å². The smallest absolute Gasteiger partial charge is 0.243 e. The number of anilines is 1. The van der Waals surface area contributed by atoms with Crippen LogP contribution in [0.4, 0.5) is 5.13 Å². The zero-order chi connectivity index (χ0) is 19.4. The highest BCUT2D eigenvalue weighted by Crippen LogP contribution is 2.39. The van der Waals surface area contributed by atoms with Crippen LogP contribution in [-0.2, 0) is 11.3 Å². The predicted molar refractivity (Wildman–Crippen MR) is 114 cm³/mol. The fourth-order valence-corrected chi connectivity index (χ4v) is 5.23. The van der Waals surface area contributed by atoms with E-state index in [1.54, 1.807) is 11.3 Å². The fourth-order valence-electron chi connectivity index (χ4n) is 3.81. The number of nitrogens with zero attached hydrogens (tertiary/aromatic N) is 2. The standard InChI is InChI=1S/C19H15Cl2N5OS/c20-9-1-3-13-11(5-9)17-12(18(27)25-22)7-26(8-15(17)23-13)19-24-14-4-2-10(21)6-16(14)28-19/h1-6,12,23H,7-8,22H2,(H,25,27). The number of rotatable bonds is 2. The average molecular weight is 432 g/mol. The van der Waals surface area contributed by atoms with Crippen molar-refractivity contribution in [1.82, 2.24) is 15.4 Å². The van der Waals surface area contributed by atoms with E-state index in [4.69, 9.17) is 34.0 Å². The first-order valence-corrected chi connectivity index (χ1v) is 10.2. The van der Waals surface area contributed by atoms with Gasteiger partial charge in [-0.25, -0.2) is 10.8 Å². The van der Waals surface area contributed by atoms with Crippen molar-refractivity contribution in [2.75, 3.05) is 11.4 Å². The van der Waals surface area contributed by atoms with Crippen molar-refractivity contribution in [1.29, 1.82) is 0 Å². The van der Waals surface area contributed by atoms with Crippen LogP contribution >= 0.6 is 34.5 Å². The lowest BCUT2D eigenvalue weighted by Crippen LogP contribution is -2.43. The number of aromatic nitrogens is 2. The van der Waals surface area contributed by atoms with Crippen LogP contribution in [0.25, 0.3) is 21.1 Å². The van der Waals surface area contributed by atoms with Crippen LogP contribution in [0.3, 0.4) is 0 Å². The Labute approximate surface area is 174 Å². The predicted octanol–water partition coefficient (Wildman–Crippen LogP) is 4.18. The summed E-state index contributed by atoms with van der Waals surface area (Å²) in [5, 5.41) is 3.10. The third-order valence-corrected chi connectivity index (χ3v) is 6.60. The Balaban J connectivity index is 1.63. The summed E-state index contributed by atoms with van der Waals surface area (Å²) in [5.74, 6) is 4.81. The topological polar surface area (TPSA) is 87.0 Å². The SMILES string of the molecule is NNC(=O)C1CN(c2nc3ccc(Cl)cc3s2)Cc2[nH]c3ccc(Cl)cc3c21. The normalized spacial score (nSPS) is 16.5. The first-order valence-electron chi connectivity index (χ1n) is 8.65. The molecule has 6 nitrogen and oxygen atoms in total. The van der Waals surface area contributed by atoms with Crippen LogP contribution in [-0.4, -0.2) is 22.4 Å². The molecule has 4 N–H and O–H groups in total. The summed E-state index contributed by atoms with van der Waals surface area (Å²) in [6, 6.07) is 11.3. The van der Waals surface area contributed by atoms with Gasteiger partial charge in [0, 0.05) is 33.2 Å². The summed E-state index contributed by atoms with van der Waals surface area (Å²) >= 11 is 13.9. The van der Waals surface area contributed by atoms with E-state index in [0.717, 1.165) is 37.5 Å². The summed E-state index contributed by atoms with van der Waals surface area (Å²) in [7, 11) is 0. The van der Waals surface area contributed by atoms with E-state index in [1.807, 2.05) is 36.4 Å². The van der Waals surface area contributed by atoms with Crippen LogP contribution in [0.1, 0.15) is 17.2 Å². The van der Waals surface area contributed by atoms with Crippen molar-refractivity contribution in [3.8, 4) is 0 Å². The van der Waals surface area contributed by atoms with E-state index >= 15 is 0 Å². The van der Waals surface area contributed by atoms with Gasteiger partial charge in [0.05, 0.1) is 22.7 Å². The molecule has 0 fully saturated rings. The zero-order valence-corrected chi connectivity index (χ0v) is 16.8. The summed E-state index contributed by atoms with van der Waals surface area (Å²) in [6.07, 6.45) is 0. The Kier molecular flexibility index (Phi) is 4.21. The molecule has 0 spiro atoms.